The van der Waals surface area contributed by atoms with Gasteiger partial charge in [0.25, 0.3) is 0 Å². The van der Waals surface area contributed by atoms with E-state index < -0.39 is 0 Å². The molecule has 164 valence electrons. The number of allylic oxidation sites excluding steroid dienone is 2. The summed E-state index contributed by atoms with van der Waals surface area (Å²) in [5.74, 6) is 2.28. The van der Waals surface area contributed by atoms with E-state index in [1.807, 2.05) is 76.8 Å². The first-order valence-corrected chi connectivity index (χ1v) is 11.9. The summed E-state index contributed by atoms with van der Waals surface area (Å²) in [6, 6.07) is 21.7. The Bertz CT molecular complexity index is 1340. The van der Waals surface area contributed by atoms with E-state index in [0.29, 0.717) is 24.8 Å². The molecule has 6 rings (SSSR count). The monoisotopic (exact) mass is 454 g/mol. The lowest BCUT2D eigenvalue weighted by Gasteiger charge is -2.32. The minimum Gasteiger partial charge on any atom is -0.489 e. The fourth-order valence-corrected chi connectivity index (χ4v) is 5.14. The molecule has 6 nitrogen and oxygen atoms in total. The van der Waals surface area contributed by atoms with Gasteiger partial charge < -0.3 is 10.1 Å². The third-order valence-electron chi connectivity index (χ3n) is 6.03. The van der Waals surface area contributed by atoms with Crippen molar-refractivity contribution in [1.29, 1.82) is 0 Å². The van der Waals surface area contributed by atoms with Crippen LogP contribution in [0.3, 0.4) is 0 Å². The largest absolute Gasteiger partial charge is 0.489 e. The number of nitrogens with one attached hydrogen (secondary N) is 1. The molecule has 3 heterocycles. The number of ether oxygens (including phenoxy) is 1. The third kappa shape index (κ3) is 3.74. The molecule has 0 fully saturated rings. The summed E-state index contributed by atoms with van der Waals surface area (Å²) in [5, 5.41) is 10.2. The Balaban J connectivity index is 1.39. The first kappa shape index (κ1) is 19.9. The second-order valence-corrected chi connectivity index (χ2v) is 9.17. The number of rotatable bonds is 5. The smallest absolute Gasteiger partial charge is 0.226 e. The van der Waals surface area contributed by atoms with E-state index in [1.54, 1.807) is 11.3 Å². The molecule has 0 bridgehead atoms. The molecular formula is C26H22N4O2S. The summed E-state index contributed by atoms with van der Waals surface area (Å²) in [7, 11) is 0. The lowest BCUT2D eigenvalue weighted by molar-refractivity contribution is -0.116. The van der Waals surface area contributed by atoms with Crippen LogP contribution in [0.15, 0.2) is 83.4 Å². The predicted molar refractivity (Wildman–Crippen MR) is 128 cm³/mol. The second kappa shape index (κ2) is 8.33. The van der Waals surface area contributed by atoms with Crippen molar-refractivity contribution in [3.63, 3.8) is 0 Å². The molecule has 1 aliphatic heterocycles. The molecule has 1 aliphatic carbocycles. The van der Waals surface area contributed by atoms with E-state index in [4.69, 9.17) is 14.8 Å². The summed E-state index contributed by atoms with van der Waals surface area (Å²) >= 11 is 1.60. The number of anilines is 1. The highest BCUT2D eigenvalue weighted by Crippen LogP contribution is 2.41. The lowest BCUT2D eigenvalue weighted by Crippen LogP contribution is -2.31. The van der Waals surface area contributed by atoms with Crippen molar-refractivity contribution in [1.82, 2.24) is 14.8 Å². The number of carbonyl (C=O) groups excluding carboxylic acids is 1. The van der Waals surface area contributed by atoms with Gasteiger partial charge in [-0.05, 0) is 47.5 Å². The van der Waals surface area contributed by atoms with Crippen molar-refractivity contribution in [2.45, 2.75) is 31.9 Å². The van der Waals surface area contributed by atoms with Crippen LogP contribution in [0, 0.1) is 0 Å². The van der Waals surface area contributed by atoms with Crippen molar-refractivity contribution in [3.05, 3.63) is 94.5 Å². The molecule has 33 heavy (non-hydrogen) atoms. The predicted octanol–water partition coefficient (Wildman–Crippen LogP) is 5.61. The maximum Gasteiger partial charge on any atom is 0.226 e. The van der Waals surface area contributed by atoms with Crippen LogP contribution in [0.2, 0.25) is 0 Å². The summed E-state index contributed by atoms with van der Waals surface area (Å²) in [4.78, 5) is 18.8. The average Bonchev–Trinajstić information content (AvgIpc) is 3.52. The van der Waals surface area contributed by atoms with Crippen molar-refractivity contribution < 1.29 is 9.53 Å². The van der Waals surface area contributed by atoms with E-state index in [-0.39, 0.29) is 11.8 Å². The summed E-state index contributed by atoms with van der Waals surface area (Å²) < 4.78 is 7.93. The third-order valence-corrected chi connectivity index (χ3v) is 6.90. The fraction of sp³-hybridized carbons (Fsp3) is 0.192. The van der Waals surface area contributed by atoms with Crippen LogP contribution < -0.4 is 10.1 Å². The van der Waals surface area contributed by atoms with Gasteiger partial charge in [-0.3, -0.25) is 4.79 Å². The van der Waals surface area contributed by atoms with Crippen LogP contribution >= 0.6 is 11.3 Å². The normalized spacial score (nSPS) is 17.3. The standard InChI is InChI=1S/C26H22N4O2S/c31-21-12-5-11-20-23(21)24(30-26(27-20)28-25(29-30)22-13-6-14-33-22)18-9-4-10-19(15-18)32-16-17-7-2-1-3-8-17/h1-4,6-10,13-15,24H,5,11-12,16H2,(H,27,28,29). The van der Waals surface area contributed by atoms with Gasteiger partial charge >= 0.3 is 0 Å². The maximum atomic E-state index is 13.1. The highest BCUT2D eigenvalue weighted by molar-refractivity contribution is 7.13. The fourth-order valence-electron chi connectivity index (χ4n) is 4.49. The van der Waals surface area contributed by atoms with Crippen LogP contribution in [-0.2, 0) is 11.4 Å². The van der Waals surface area contributed by atoms with Crippen LogP contribution in [0.4, 0.5) is 5.95 Å². The molecule has 1 N–H and O–H groups in total. The average molecular weight is 455 g/mol. The van der Waals surface area contributed by atoms with E-state index in [0.717, 1.165) is 45.9 Å². The van der Waals surface area contributed by atoms with Gasteiger partial charge in [0.05, 0.1) is 4.88 Å². The van der Waals surface area contributed by atoms with Crippen molar-refractivity contribution in [3.8, 4) is 16.5 Å². The number of fused-ring (bicyclic) bond motifs is 1. The molecule has 2 aliphatic rings. The molecule has 4 aromatic rings. The SMILES string of the molecule is O=C1CCCC2=C1C(c1cccc(OCc3ccccc3)c1)n1nc(-c3cccs3)nc1N2. The van der Waals surface area contributed by atoms with Crippen molar-refractivity contribution in [2.75, 3.05) is 5.32 Å². The van der Waals surface area contributed by atoms with Gasteiger partial charge in [0, 0.05) is 17.7 Å². The van der Waals surface area contributed by atoms with Gasteiger partial charge in [-0.25, -0.2) is 4.68 Å². The van der Waals surface area contributed by atoms with Crippen LogP contribution in [0.5, 0.6) is 5.75 Å². The van der Waals surface area contributed by atoms with Crippen LogP contribution in [-0.4, -0.2) is 20.5 Å². The number of hydrogen-bond donors (Lipinski definition) is 1. The lowest BCUT2D eigenvalue weighted by atomic mass is 9.85. The molecule has 1 unspecified atom stereocenters. The first-order chi connectivity index (χ1) is 16.3. The molecule has 0 saturated carbocycles. The molecule has 2 aromatic carbocycles. The number of thiophene rings is 1. The Morgan fingerprint density at radius 1 is 1.06 bits per heavy atom. The Morgan fingerprint density at radius 3 is 2.82 bits per heavy atom. The minimum atomic E-state index is -0.328. The highest BCUT2D eigenvalue weighted by atomic mass is 32.1. The number of nitrogens with zero attached hydrogens (tertiary/aromatic N) is 3. The van der Waals surface area contributed by atoms with Gasteiger partial charge in [0.2, 0.25) is 5.95 Å². The molecule has 0 spiro atoms. The van der Waals surface area contributed by atoms with Crippen molar-refractivity contribution >= 4 is 23.1 Å². The van der Waals surface area contributed by atoms with Gasteiger partial charge in [0.1, 0.15) is 18.4 Å². The molecular weight excluding hydrogens is 432 g/mol. The summed E-state index contributed by atoms with van der Waals surface area (Å²) in [6.07, 6.45) is 2.25. The van der Waals surface area contributed by atoms with Crippen LogP contribution in [0.25, 0.3) is 10.7 Å². The van der Waals surface area contributed by atoms with E-state index in [9.17, 15) is 4.79 Å². The van der Waals surface area contributed by atoms with Gasteiger partial charge in [-0.1, -0.05) is 48.5 Å². The second-order valence-electron chi connectivity index (χ2n) is 8.22. The maximum absolute atomic E-state index is 13.1. The zero-order chi connectivity index (χ0) is 22.2. The molecule has 0 amide bonds. The minimum absolute atomic E-state index is 0.170. The van der Waals surface area contributed by atoms with E-state index >= 15 is 0 Å². The first-order valence-electron chi connectivity index (χ1n) is 11.1. The number of carbonyl (C=O) groups is 1. The number of aromatic nitrogens is 3. The van der Waals surface area contributed by atoms with Gasteiger partial charge in [0.15, 0.2) is 11.6 Å². The zero-order valence-corrected chi connectivity index (χ0v) is 18.7. The van der Waals surface area contributed by atoms with Crippen molar-refractivity contribution in [2.24, 2.45) is 0 Å². The number of Topliss-reactive ketones (excluding diaryl/α,β-unsaturated/α-hetero) is 1. The highest BCUT2D eigenvalue weighted by Gasteiger charge is 2.37. The quantitative estimate of drug-likeness (QED) is 0.425. The van der Waals surface area contributed by atoms with Crippen LogP contribution in [0.1, 0.15) is 36.4 Å². The van der Waals surface area contributed by atoms with Gasteiger partial charge in [-0.2, -0.15) is 4.98 Å². The Hall–Kier alpha value is -3.71. The molecule has 7 heteroatoms. The number of hydrogen-bond acceptors (Lipinski definition) is 6. The van der Waals surface area contributed by atoms with E-state index in [1.165, 1.54) is 0 Å². The molecule has 1 atom stereocenters. The van der Waals surface area contributed by atoms with Gasteiger partial charge in [-0.15, -0.1) is 16.4 Å². The molecule has 2 aromatic heterocycles. The Labute approximate surface area is 195 Å². The Morgan fingerprint density at radius 2 is 1.97 bits per heavy atom. The molecule has 0 radical (unpaired) electrons. The summed E-state index contributed by atoms with van der Waals surface area (Å²) in [5.41, 5.74) is 3.83. The zero-order valence-electron chi connectivity index (χ0n) is 17.9. The topological polar surface area (TPSA) is 69.0 Å². The Kier molecular flexibility index (Phi) is 5.03. The number of benzene rings is 2. The molecule has 0 saturated heterocycles. The number of ketones is 1. The summed E-state index contributed by atoms with van der Waals surface area (Å²) in [6.45, 7) is 0.487. The van der Waals surface area contributed by atoms with E-state index in [2.05, 4.69) is 5.32 Å².